The van der Waals surface area contributed by atoms with Crippen LogP contribution in [0, 0.1) is 0 Å². The van der Waals surface area contributed by atoms with Crippen LogP contribution in [0.15, 0.2) is 8.80 Å². The van der Waals surface area contributed by atoms with Crippen molar-refractivity contribution in [2.24, 2.45) is 20.3 Å². The van der Waals surface area contributed by atoms with Crippen molar-refractivity contribution in [3.63, 3.8) is 0 Å². The summed E-state index contributed by atoms with van der Waals surface area (Å²) in [5.41, 5.74) is 11.7. The Bertz CT molecular complexity index is 1310. The molecule has 18 nitrogen and oxygen atoms in total. The van der Waals surface area contributed by atoms with E-state index in [4.69, 9.17) is 20.0 Å². The molecule has 220 valence electrons. The van der Waals surface area contributed by atoms with Crippen molar-refractivity contribution in [1.82, 2.24) is 19.9 Å². The molecule has 0 aromatic heterocycles. The minimum atomic E-state index is -4.99. The predicted octanol–water partition coefficient (Wildman–Crippen LogP) is -1.95. The SMILES string of the molecule is CCS(=O)(=O)/N=C(\N)C1CCC2CN1C(=O)N2OS(=O)(=O)ON1C(=O)N2CC1CCC2/C(N)=N/S(=O)(=O)CC. The average Bonchev–Trinajstić information content (AvgIpc) is 3.23. The standard InChI is InChI=1S/C18H30N8O10S3/c1-3-37(29,30)21-15(19)13-7-5-11-9-23(13)17(27)25(11)35-39(33,34)36-26-12-6-8-14(24(10-12)18(26)28)16(20)22-38(31,32)4-2/h11-14H,3-10H2,1-2H3,(H2,19,21)(H2,20,22). The lowest BCUT2D eigenvalue weighted by Crippen LogP contribution is -2.48. The Hall–Kier alpha value is -2.75. The summed E-state index contributed by atoms with van der Waals surface area (Å²) in [6, 6.07) is -4.95. The van der Waals surface area contributed by atoms with E-state index in [9.17, 15) is 34.8 Å². The number of rotatable bonds is 10. The topological polar surface area (TPSA) is 245 Å². The van der Waals surface area contributed by atoms with Crippen LogP contribution in [-0.2, 0) is 39.0 Å². The number of nitrogens with zero attached hydrogens (tertiary/aromatic N) is 6. The van der Waals surface area contributed by atoms with E-state index in [0.717, 1.165) is 9.80 Å². The number of carbonyl (C=O) groups is 2. The van der Waals surface area contributed by atoms with Gasteiger partial charge in [0.1, 0.15) is 11.7 Å². The molecule has 4 unspecified atom stereocenters. The minimum Gasteiger partial charge on any atom is -0.385 e. The second kappa shape index (κ2) is 10.3. The minimum absolute atomic E-state index is 0.00141. The maximum Gasteiger partial charge on any atom is 0.442 e. The van der Waals surface area contributed by atoms with Gasteiger partial charge in [-0.05, 0) is 39.5 Å². The molecular weight excluding hydrogens is 584 g/mol. The van der Waals surface area contributed by atoms with E-state index >= 15 is 0 Å². The van der Waals surface area contributed by atoms with Gasteiger partial charge in [0.15, 0.2) is 0 Å². The van der Waals surface area contributed by atoms with E-state index in [-0.39, 0.29) is 61.9 Å². The molecule has 4 N–H and O–H groups in total. The Labute approximate surface area is 225 Å². The molecule has 0 aromatic rings. The largest absolute Gasteiger partial charge is 0.442 e. The first-order valence-electron chi connectivity index (χ1n) is 12.1. The summed E-state index contributed by atoms with van der Waals surface area (Å²) in [5.74, 6) is -1.16. The highest BCUT2D eigenvalue weighted by atomic mass is 32.3. The third kappa shape index (κ3) is 5.90. The molecule has 4 saturated heterocycles. The number of sulfonamides is 2. The van der Waals surface area contributed by atoms with Gasteiger partial charge in [0, 0.05) is 13.1 Å². The van der Waals surface area contributed by atoms with Crippen molar-refractivity contribution in [1.29, 1.82) is 0 Å². The number of nitrogens with two attached hydrogens (primary N) is 2. The summed E-state index contributed by atoms with van der Waals surface area (Å²) in [5, 5.41) is 1.18. The first-order chi connectivity index (χ1) is 18.1. The van der Waals surface area contributed by atoms with Crippen LogP contribution in [-0.4, -0.2) is 118 Å². The summed E-state index contributed by atoms with van der Waals surface area (Å²) in [4.78, 5) is 28.2. The van der Waals surface area contributed by atoms with E-state index < -0.39 is 66.7 Å². The maximum atomic E-state index is 12.9. The summed E-state index contributed by atoms with van der Waals surface area (Å²) in [6.45, 7) is 2.78. The van der Waals surface area contributed by atoms with Gasteiger partial charge in [-0.2, -0.15) is 18.5 Å². The smallest absolute Gasteiger partial charge is 0.385 e. The number of urea groups is 2. The Morgan fingerprint density at radius 3 is 1.44 bits per heavy atom. The summed E-state index contributed by atoms with van der Waals surface area (Å²) < 4.78 is 89.7. The van der Waals surface area contributed by atoms with Crippen molar-refractivity contribution >= 4 is 54.2 Å². The van der Waals surface area contributed by atoms with Gasteiger partial charge in [-0.15, -0.1) is 17.4 Å². The number of amides is 4. The summed E-state index contributed by atoms with van der Waals surface area (Å²) in [7, 11) is -12.6. The highest BCUT2D eigenvalue weighted by molar-refractivity contribution is 7.90. The lowest BCUT2D eigenvalue weighted by Gasteiger charge is -2.29. The fraction of sp³-hybridized carbons (Fsp3) is 0.778. The van der Waals surface area contributed by atoms with Crippen LogP contribution in [0.2, 0.25) is 0 Å². The molecule has 4 rings (SSSR count). The van der Waals surface area contributed by atoms with Crippen LogP contribution in [0.1, 0.15) is 39.5 Å². The molecule has 4 atom stereocenters. The molecule has 0 saturated carbocycles. The number of hydroxylamine groups is 4. The molecular formula is C18H30N8O10S3. The first kappa shape index (κ1) is 29.2. The Balaban J connectivity index is 1.44. The molecule has 4 fully saturated rings. The number of carbonyl (C=O) groups excluding carboxylic acids is 2. The molecule has 0 spiro atoms. The Morgan fingerprint density at radius 1 is 0.744 bits per heavy atom. The molecule has 0 radical (unpaired) electrons. The zero-order chi connectivity index (χ0) is 28.9. The highest BCUT2D eigenvalue weighted by Gasteiger charge is 2.52. The van der Waals surface area contributed by atoms with Crippen molar-refractivity contribution in [2.75, 3.05) is 24.6 Å². The van der Waals surface area contributed by atoms with Gasteiger partial charge >= 0.3 is 22.5 Å². The predicted molar refractivity (Wildman–Crippen MR) is 135 cm³/mol. The van der Waals surface area contributed by atoms with Crippen LogP contribution in [0.5, 0.6) is 0 Å². The van der Waals surface area contributed by atoms with Crippen LogP contribution < -0.4 is 11.5 Å². The second-order valence-corrected chi connectivity index (χ2v) is 14.3. The lowest BCUT2D eigenvalue weighted by molar-refractivity contribution is -0.0841. The Kier molecular flexibility index (Phi) is 7.75. The first-order valence-corrected chi connectivity index (χ1v) is 16.6. The van der Waals surface area contributed by atoms with Crippen molar-refractivity contribution in [2.45, 2.75) is 63.7 Å². The van der Waals surface area contributed by atoms with Gasteiger partial charge in [-0.3, -0.25) is 0 Å². The average molecular weight is 615 g/mol. The molecule has 4 amide bonds. The van der Waals surface area contributed by atoms with Crippen LogP contribution in [0.4, 0.5) is 9.59 Å². The van der Waals surface area contributed by atoms with Gasteiger partial charge in [0.05, 0.1) is 35.7 Å². The molecule has 39 heavy (non-hydrogen) atoms. The van der Waals surface area contributed by atoms with Crippen molar-refractivity contribution < 1.29 is 43.4 Å². The van der Waals surface area contributed by atoms with E-state index in [1.807, 2.05) is 0 Å². The van der Waals surface area contributed by atoms with E-state index in [2.05, 4.69) is 8.80 Å². The van der Waals surface area contributed by atoms with Gasteiger partial charge in [-0.25, -0.2) is 26.4 Å². The number of hydrogen-bond acceptors (Lipinski definition) is 10. The zero-order valence-corrected chi connectivity index (χ0v) is 23.6. The molecule has 4 heterocycles. The lowest BCUT2D eigenvalue weighted by atomic mass is 10.0. The second-order valence-electron chi connectivity index (χ2n) is 9.35. The number of amidine groups is 2. The van der Waals surface area contributed by atoms with Gasteiger partial charge in [0.2, 0.25) is 0 Å². The fourth-order valence-electron chi connectivity index (χ4n) is 4.86. The van der Waals surface area contributed by atoms with Crippen LogP contribution in [0.3, 0.4) is 0 Å². The monoisotopic (exact) mass is 614 g/mol. The number of piperidine rings is 2. The number of hydrogen-bond donors (Lipinski definition) is 2. The number of fused-ring (bicyclic) bond motifs is 4. The molecule has 0 aromatic carbocycles. The Morgan fingerprint density at radius 2 is 1.10 bits per heavy atom. The maximum absolute atomic E-state index is 12.9. The quantitative estimate of drug-likeness (QED) is 0.201. The van der Waals surface area contributed by atoms with Gasteiger partial charge in [0.25, 0.3) is 20.0 Å². The van der Waals surface area contributed by atoms with Crippen LogP contribution in [0.25, 0.3) is 0 Å². The highest BCUT2D eigenvalue weighted by Crippen LogP contribution is 2.34. The molecule has 4 aliphatic heterocycles. The third-order valence-corrected chi connectivity index (χ3v) is 10.0. The zero-order valence-electron chi connectivity index (χ0n) is 21.1. The normalized spacial score (nSPS) is 28.6. The van der Waals surface area contributed by atoms with Crippen LogP contribution >= 0.6 is 0 Å². The van der Waals surface area contributed by atoms with Gasteiger partial charge < -0.3 is 21.3 Å². The van der Waals surface area contributed by atoms with Crippen molar-refractivity contribution in [3.8, 4) is 0 Å². The van der Waals surface area contributed by atoms with Gasteiger partial charge in [-0.1, -0.05) is 0 Å². The molecule has 4 bridgehead atoms. The van der Waals surface area contributed by atoms with E-state index in [1.54, 1.807) is 0 Å². The van der Waals surface area contributed by atoms with E-state index in [0.29, 0.717) is 10.1 Å². The molecule has 0 aliphatic carbocycles. The fourth-order valence-corrected chi connectivity index (χ4v) is 6.79. The molecule has 21 heteroatoms. The summed E-state index contributed by atoms with van der Waals surface area (Å²) >= 11 is 0. The molecule has 4 aliphatic rings. The third-order valence-electron chi connectivity index (χ3n) is 6.89. The van der Waals surface area contributed by atoms with Crippen molar-refractivity contribution in [3.05, 3.63) is 0 Å². The van der Waals surface area contributed by atoms with E-state index in [1.165, 1.54) is 13.8 Å². The summed E-state index contributed by atoms with van der Waals surface area (Å²) in [6.07, 6.45) is 0.882.